The highest BCUT2D eigenvalue weighted by Gasteiger charge is 3.00. The van der Waals surface area contributed by atoms with Gasteiger partial charge in [0.05, 0.1) is 0 Å². The van der Waals surface area contributed by atoms with Gasteiger partial charge in [-0.05, 0) is 0 Å². The minimum absolute atomic E-state index is 4.81. The second-order valence-electron chi connectivity index (χ2n) is 8.45. The monoisotopic (exact) mass is 812 g/mol. The van der Waals surface area contributed by atoms with Crippen molar-refractivity contribution < 1.29 is 140 Å². The molecule has 33 heteroatoms. The van der Waals surface area contributed by atoms with E-state index in [1.807, 2.05) is 0 Å². The molecule has 0 rings (SSSR count). The molecule has 0 aliphatic carbocycles. The van der Waals surface area contributed by atoms with Crippen LogP contribution in [-0.4, -0.2) is 90.2 Å². The first-order valence-electron chi connectivity index (χ1n) is 9.70. The summed E-state index contributed by atoms with van der Waals surface area (Å²) >= 11 is 0. The Morgan fingerprint density at radius 2 is 0.500 bits per heavy atom. The van der Waals surface area contributed by atoms with Gasteiger partial charge in [-0.1, -0.05) is 0 Å². The number of rotatable bonds is 13. The predicted molar refractivity (Wildman–Crippen MR) is 86.2 cm³/mol. The SMILES string of the molecule is O=S(=O)(O)/C(F)=C(\F)C(F)(F)C(F)(F)C(F)(F)C(F)(F)C(F)(F)C(F)(F)C(F)(F)C(F)(F)C(F)(F)C(F)(F)C(F)(F)C(F)(F)C(F)(F)F. The summed E-state index contributed by atoms with van der Waals surface area (Å²) < 4.78 is 413. The van der Waals surface area contributed by atoms with Gasteiger partial charge in [-0.2, -0.15) is 131 Å². The summed E-state index contributed by atoms with van der Waals surface area (Å²) in [5.74, 6) is -120. The lowest BCUT2D eigenvalue weighted by atomic mass is 9.84. The lowest BCUT2D eigenvalue weighted by Crippen LogP contribution is -2.78. The smallest absolute Gasteiger partial charge is 0.280 e. The van der Waals surface area contributed by atoms with E-state index in [0.717, 1.165) is 0 Å². The van der Waals surface area contributed by atoms with Gasteiger partial charge in [0.1, 0.15) is 0 Å². The van der Waals surface area contributed by atoms with Gasteiger partial charge >= 0.3 is 87.4 Å². The van der Waals surface area contributed by atoms with E-state index in [2.05, 4.69) is 0 Å². The van der Waals surface area contributed by atoms with Gasteiger partial charge in [-0.15, -0.1) is 0 Å². The Balaban J connectivity index is 7.66. The number of alkyl halides is 27. The van der Waals surface area contributed by atoms with Gasteiger partial charge in [0.2, 0.25) is 5.83 Å². The molecule has 3 nitrogen and oxygen atoms in total. The van der Waals surface area contributed by atoms with Gasteiger partial charge < -0.3 is 0 Å². The Kier molecular flexibility index (Phi) is 10.5. The topological polar surface area (TPSA) is 54.4 Å². The highest BCUT2D eigenvalue weighted by Crippen LogP contribution is 2.68. The molecule has 0 bridgehead atoms. The lowest BCUT2D eigenvalue weighted by molar-refractivity contribution is -0.484. The van der Waals surface area contributed by atoms with Gasteiger partial charge in [-0.3, -0.25) is 4.55 Å². The molecule has 0 aliphatic rings. The fourth-order valence-electron chi connectivity index (χ4n) is 2.52. The summed E-state index contributed by atoms with van der Waals surface area (Å²) in [5, 5.41) is -4.81. The summed E-state index contributed by atoms with van der Waals surface area (Å²) in [6.45, 7) is 0. The molecule has 0 saturated carbocycles. The third-order valence-corrected chi connectivity index (χ3v) is 6.00. The van der Waals surface area contributed by atoms with E-state index < -0.39 is 98.4 Å². The molecule has 0 aliphatic heterocycles. The van der Waals surface area contributed by atoms with Gasteiger partial charge in [0.15, 0.2) is 0 Å². The summed E-state index contributed by atoms with van der Waals surface area (Å²) in [5.41, 5.74) is 0. The molecule has 0 amide bonds. The van der Waals surface area contributed by atoms with Crippen LogP contribution in [0.25, 0.3) is 0 Å². The van der Waals surface area contributed by atoms with E-state index in [0.29, 0.717) is 0 Å². The van der Waals surface area contributed by atoms with Crippen LogP contribution in [0.3, 0.4) is 0 Å². The van der Waals surface area contributed by atoms with Crippen LogP contribution in [0.1, 0.15) is 0 Å². The van der Waals surface area contributed by atoms with E-state index in [4.69, 9.17) is 4.55 Å². The van der Waals surface area contributed by atoms with E-state index in [9.17, 15) is 136 Å². The second kappa shape index (κ2) is 11.1. The Morgan fingerprint density at radius 1 is 0.333 bits per heavy atom. The Morgan fingerprint density at radius 3 is 0.667 bits per heavy atom. The fraction of sp³-hybridized carbons (Fsp3) is 0.867. The third-order valence-electron chi connectivity index (χ3n) is 5.37. The maximum Gasteiger partial charge on any atom is 0.460 e. The summed E-state index contributed by atoms with van der Waals surface area (Å²) in [4.78, 5) is 0. The number of hydrogen-bond acceptors (Lipinski definition) is 2. The molecule has 0 aromatic heterocycles. The Labute approximate surface area is 240 Å². The zero-order valence-electron chi connectivity index (χ0n) is 20.1. The van der Waals surface area contributed by atoms with Crippen LogP contribution >= 0.6 is 0 Å². The highest BCUT2D eigenvalue weighted by molar-refractivity contribution is 7.89. The Hall–Kier alpha value is -2.38. The van der Waals surface area contributed by atoms with Crippen molar-refractivity contribution >= 4 is 10.1 Å². The van der Waals surface area contributed by atoms with Gasteiger partial charge in [0, 0.05) is 0 Å². The van der Waals surface area contributed by atoms with Crippen molar-refractivity contribution in [2.45, 2.75) is 77.2 Å². The first kappa shape index (κ1) is 45.6. The maximum atomic E-state index is 13.7. The zero-order chi connectivity index (χ0) is 40.2. The molecular weight excluding hydrogens is 811 g/mol. The summed E-state index contributed by atoms with van der Waals surface area (Å²) in [7, 11) is -7.32. The summed E-state index contributed by atoms with van der Waals surface area (Å²) in [6.07, 6.45) is -8.33. The quantitative estimate of drug-likeness (QED) is 0.149. The molecule has 0 aromatic carbocycles. The van der Waals surface area contributed by atoms with E-state index >= 15 is 0 Å². The first-order valence-corrected chi connectivity index (χ1v) is 11.1. The van der Waals surface area contributed by atoms with Crippen molar-refractivity contribution in [3.63, 3.8) is 0 Å². The normalized spacial score (nSPS) is 17.5. The van der Waals surface area contributed by atoms with Crippen molar-refractivity contribution in [2.24, 2.45) is 0 Å². The number of hydrogen-bond donors (Lipinski definition) is 1. The van der Waals surface area contributed by atoms with Crippen LogP contribution in [-0.2, 0) is 10.1 Å². The standard InChI is InChI=1S/C15HF29O3S/c16-1(2(17)48(45,46)47)3(18,19)4(20,21)5(22,23)6(24,25)7(26,27)8(28,29)9(30,31)10(32,33)11(34,35)12(36,37)13(38,39)14(40,41)15(42,43)44/h(H,45,46,47)/b2-1-. The highest BCUT2D eigenvalue weighted by atomic mass is 32.2. The molecule has 48 heavy (non-hydrogen) atoms. The molecule has 0 saturated heterocycles. The molecule has 288 valence electrons. The fourth-order valence-corrected chi connectivity index (χ4v) is 2.88. The van der Waals surface area contributed by atoms with E-state index in [1.165, 1.54) is 0 Å². The average Bonchev–Trinajstić information content (AvgIpc) is 2.84. The van der Waals surface area contributed by atoms with Crippen LogP contribution in [0, 0.1) is 0 Å². The van der Waals surface area contributed by atoms with Crippen LogP contribution in [0.5, 0.6) is 0 Å². The number of halogens is 29. The van der Waals surface area contributed by atoms with E-state index in [1.54, 1.807) is 0 Å². The third kappa shape index (κ3) is 5.36. The van der Waals surface area contributed by atoms with E-state index in [-0.39, 0.29) is 0 Å². The van der Waals surface area contributed by atoms with Crippen molar-refractivity contribution in [1.82, 2.24) is 0 Å². The van der Waals surface area contributed by atoms with Crippen molar-refractivity contribution in [1.29, 1.82) is 0 Å². The van der Waals surface area contributed by atoms with Crippen LogP contribution in [0.15, 0.2) is 11.0 Å². The minimum Gasteiger partial charge on any atom is -0.280 e. The largest absolute Gasteiger partial charge is 0.460 e. The minimum atomic E-state index is -10.0. The molecule has 0 heterocycles. The predicted octanol–water partition coefficient (Wildman–Crippen LogP) is 9.17. The summed E-state index contributed by atoms with van der Waals surface area (Å²) in [6, 6.07) is 0. The molecule has 0 spiro atoms. The van der Waals surface area contributed by atoms with Crippen LogP contribution in [0.2, 0.25) is 0 Å². The van der Waals surface area contributed by atoms with Crippen molar-refractivity contribution in [2.75, 3.05) is 0 Å². The lowest BCUT2D eigenvalue weighted by Gasteiger charge is -2.46. The molecule has 0 radical (unpaired) electrons. The van der Waals surface area contributed by atoms with Gasteiger partial charge in [-0.25, -0.2) is 4.39 Å². The molecule has 0 atom stereocenters. The van der Waals surface area contributed by atoms with Crippen molar-refractivity contribution in [3.05, 3.63) is 11.0 Å². The van der Waals surface area contributed by atoms with Crippen LogP contribution in [0.4, 0.5) is 127 Å². The number of allylic oxidation sites excluding steroid dienone is 1. The van der Waals surface area contributed by atoms with Crippen molar-refractivity contribution in [3.8, 4) is 0 Å². The van der Waals surface area contributed by atoms with Gasteiger partial charge in [0.25, 0.3) is 5.16 Å². The molecule has 0 fully saturated rings. The Bertz CT molecular complexity index is 1370. The molecule has 1 N–H and O–H groups in total. The first-order chi connectivity index (χ1) is 20.1. The average molecular weight is 812 g/mol. The van der Waals surface area contributed by atoms with Crippen LogP contribution < -0.4 is 0 Å². The molecule has 0 aromatic rings. The second-order valence-corrected chi connectivity index (χ2v) is 9.76. The molecule has 0 unspecified atom stereocenters. The zero-order valence-corrected chi connectivity index (χ0v) is 20.9. The maximum absolute atomic E-state index is 13.7. The molecular formula is C15HF29O3S.